The topological polar surface area (TPSA) is 138 Å². The molecular formula is C36H40F2N4O7S. The third kappa shape index (κ3) is 7.75. The van der Waals surface area contributed by atoms with E-state index in [2.05, 4.69) is 10.6 Å². The fourth-order valence-corrected chi connectivity index (χ4v) is 6.62. The first-order valence-corrected chi connectivity index (χ1v) is 17.9. The van der Waals surface area contributed by atoms with Gasteiger partial charge in [0.1, 0.15) is 34.6 Å². The van der Waals surface area contributed by atoms with E-state index in [-0.39, 0.29) is 34.7 Å². The smallest absolute Gasteiger partial charge is 0.408 e. The first kappa shape index (κ1) is 36.3. The van der Waals surface area contributed by atoms with Gasteiger partial charge in [-0.3, -0.25) is 13.9 Å². The van der Waals surface area contributed by atoms with E-state index in [1.165, 1.54) is 67.5 Å². The number of furan rings is 1. The predicted octanol–water partition coefficient (Wildman–Crippen LogP) is 6.11. The van der Waals surface area contributed by atoms with Crippen LogP contribution in [0.25, 0.3) is 22.3 Å². The monoisotopic (exact) mass is 710 g/mol. The van der Waals surface area contributed by atoms with Gasteiger partial charge < -0.3 is 24.7 Å². The quantitative estimate of drug-likeness (QED) is 0.225. The Morgan fingerprint density at radius 1 is 1.06 bits per heavy atom. The molecule has 0 unspecified atom stereocenters. The number of nitrogens with one attached hydrogen (secondary N) is 2. The molecule has 14 heteroatoms. The van der Waals surface area contributed by atoms with Gasteiger partial charge in [0, 0.05) is 55.7 Å². The van der Waals surface area contributed by atoms with Crippen LogP contribution in [0.3, 0.4) is 0 Å². The fourth-order valence-electron chi connectivity index (χ4n) is 6.10. The molecule has 1 aromatic heterocycles. The number of rotatable bonds is 8. The van der Waals surface area contributed by atoms with E-state index in [9.17, 15) is 27.2 Å². The summed E-state index contributed by atoms with van der Waals surface area (Å²) < 4.78 is 67.3. The molecule has 3 aromatic carbocycles. The van der Waals surface area contributed by atoms with Gasteiger partial charge in [-0.15, -0.1) is 0 Å². The molecule has 1 saturated heterocycles. The minimum Gasteiger partial charge on any atom is -0.455 e. The molecule has 0 saturated carbocycles. The number of benzene rings is 3. The summed E-state index contributed by atoms with van der Waals surface area (Å²) in [7, 11) is -0.933. The van der Waals surface area contributed by atoms with Crippen molar-refractivity contribution >= 4 is 44.6 Å². The fraction of sp³-hybridized carbons (Fsp3) is 0.361. The summed E-state index contributed by atoms with van der Waals surface area (Å²) in [6.07, 6.45) is 1.21. The number of fused-ring (bicyclic) bond motifs is 1. The number of nitrogens with zero attached hydrogens (tertiary/aromatic N) is 2. The van der Waals surface area contributed by atoms with Crippen LogP contribution in [0.5, 0.6) is 0 Å². The van der Waals surface area contributed by atoms with E-state index in [4.69, 9.17) is 9.15 Å². The number of anilines is 1. The molecule has 11 nitrogen and oxygen atoms in total. The van der Waals surface area contributed by atoms with Gasteiger partial charge in [-0.25, -0.2) is 22.0 Å². The zero-order valence-electron chi connectivity index (χ0n) is 28.7. The van der Waals surface area contributed by atoms with Crippen LogP contribution in [0.4, 0.5) is 19.3 Å². The highest BCUT2D eigenvalue weighted by atomic mass is 32.2. The maximum absolute atomic E-state index is 15.1. The van der Waals surface area contributed by atoms with Gasteiger partial charge >= 0.3 is 6.09 Å². The minimum absolute atomic E-state index is 0.0358. The number of hydrogen-bond donors (Lipinski definition) is 2. The number of hydrogen-bond acceptors (Lipinski definition) is 7. The van der Waals surface area contributed by atoms with E-state index in [1.807, 2.05) is 0 Å². The molecule has 2 heterocycles. The summed E-state index contributed by atoms with van der Waals surface area (Å²) in [6.45, 7) is 5.39. The lowest BCUT2D eigenvalue weighted by molar-refractivity contribution is -0.135. The van der Waals surface area contributed by atoms with Crippen molar-refractivity contribution in [2.24, 2.45) is 0 Å². The van der Waals surface area contributed by atoms with Crippen LogP contribution in [0.2, 0.25) is 0 Å². The van der Waals surface area contributed by atoms with Gasteiger partial charge in [-0.2, -0.15) is 0 Å². The number of sulfonamides is 1. The third-order valence-electron chi connectivity index (χ3n) is 8.53. The number of halogens is 2. The molecule has 0 spiro atoms. The molecule has 2 N–H and O–H groups in total. The van der Waals surface area contributed by atoms with Gasteiger partial charge in [0.15, 0.2) is 0 Å². The minimum atomic E-state index is -3.79. The van der Waals surface area contributed by atoms with Crippen LogP contribution in [0.1, 0.15) is 67.1 Å². The molecule has 1 aliphatic heterocycles. The van der Waals surface area contributed by atoms with Crippen LogP contribution < -0.4 is 14.9 Å². The molecule has 2 atom stereocenters. The van der Waals surface area contributed by atoms with Crippen LogP contribution in [0.15, 0.2) is 65.1 Å². The summed E-state index contributed by atoms with van der Waals surface area (Å²) >= 11 is 0. The van der Waals surface area contributed by atoms with Crippen LogP contribution in [-0.2, 0) is 19.6 Å². The van der Waals surface area contributed by atoms with Gasteiger partial charge in [0.05, 0.1) is 17.5 Å². The Labute approximate surface area is 289 Å². The van der Waals surface area contributed by atoms with E-state index in [0.29, 0.717) is 35.9 Å². The highest BCUT2D eigenvalue weighted by Crippen LogP contribution is 2.42. The lowest BCUT2D eigenvalue weighted by Gasteiger charge is -2.37. The molecule has 266 valence electrons. The van der Waals surface area contributed by atoms with Crippen molar-refractivity contribution in [3.8, 4) is 11.3 Å². The largest absolute Gasteiger partial charge is 0.455 e. The van der Waals surface area contributed by atoms with E-state index in [1.54, 1.807) is 32.9 Å². The van der Waals surface area contributed by atoms with Crippen LogP contribution >= 0.6 is 0 Å². The predicted molar refractivity (Wildman–Crippen MR) is 185 cm³/mol. The molecule has 1 fully saturated rings. The Bertz CT molecular complexity index is 2040. The Morgan fingerprint density at radius 2 is 1.74 bits per heavy atom. The van der Waals surface area contributed by atoms with E-state index < -0.39 is 57.1 Å². The Kier molecular flexibility index (Phi) is 10.2. The molecule has 0 aliphatic carbocycles. The van der Waals surface area contributed by atoms with Crippen molar-refractivity contribution in [2.75, 3.05) is 37.7 Å². The number of carbonyl (C=O) groups excluding carboxylic acids is 3. The van der Waals surface area contributed by atoms with Gasteiger partial charge in [-0.05, 0) is 75.6 Å². The maximum atomic E-state index is 15.1. The average Bonchev–Trinajstić information content (AvgIpc) is 3.43. The van der Waals surface area contributed by atoms with Crippen LogP contribution in [0, 0.1) is 11.6 Å². The van der Waals surface area contributed by atoms with Crippen molar-refractivity contribution in [2.45, 2.75) is 51.2 Å². The average molecular weight is 711 g/mol. The molecular weight excluding hydrogens is 670 g/mol. The summed E-state index contributed by atoms with van der Waals surface area (Å²) in [5.74, 6) is -2.47. The maximum Gasteiger partial charge on any atom is 0.408 e. The number of amides is 3. The molecule has 0 bridgehead atoms. The van der Waals surface area contributed by atoms with Crippen molar-refractivity contribution in [3.63, 3.8) is 0 Å². The van der Waals surface area contributed by atoms with Gasteiger partial charge in [-0.1, -0.05) is 18.2 Å². The van der Waals surface area contributed by atoms with Crippen molar-refractivity contribution in [1.29, 1.82) is 0 Å². The van der Waals surface area contributed by atoms with Crippen LogP contribution in [-0.4, -0.2) is 70.3 Å². The molecule has 3 amide bonds. The highest BCUT2D eigenvalue weighted by Gasteiger charge is 2.36. The second-order valence-corrected chi connectivity index (χ2v) is 15.3. The number of likely N-dealkylation sites (tertiary alicyclic amines) is 1. The molecule has 1 aliphatic rings. The van der Waals surface area contributed by atoms with E-state index >= 15 is 4.39 Å². The molecule has 5 rings (SSSR count). The number of ether oxygens (including phenoxy) is 1. The summed E-state index contributed by atoms with van der Waals surface area (Å²) in [6, 6.07) is 12.9. The SMILES string of the molecule is CNC(=O)c1c(-c2ccc(F)cc2)oc2cc(N(C)S(C)(=O)=O)c([C@@H]3CCCN(C(=O)[C@H](NC(=O)OC(C)(C)C)c4ccccc4F)C3)cc12. The van der Waals surface area contributed by atoms with Gasteiger partial charge in [0.2, 0.25) is 15.9 Å². The Hall–Kier alpha value is -4.98. The summed E-state index contributed by atoms with van der Waals surface area (Å²) in [5.41, 5.74) is 0.733. The number of carbonyl (C=O) groups is 3. The number of piperidine rings is 1. The van der Waals surface area contributed by atoms with E-state index in [0.717, 1.165) is 10.6 Å². The third-order valence-corrected chi connectivity index (χ3v) is 9.72. The normalized spacial score (nSPS) is 15.8. The highest BCUT2D eigenvalue weighted by molar-refractivity contribution is 7.92. The van der Waals surface area contributed by atoms with Crippen molar-refractivity contribution in [3.05, 3.63) is 89.0 Å². The van der Waals surface area contributed by atoms with Gasteiger partial charge in [0.25, 0.3) is 5.91 Å². The summed E-state index contributed by atoms with van der Waals surface area (Å²) in [5, 5.41) is 5.55. The first-order valence-electron chi connectivity index (χ1n) is 16.0. The lowest BCUT2D eigenvalue weighted by atomic mass is 9.87. The van der Waals surface area contributed by atoms with Crippen molar-refractivity contribution in [1.82, 2.24) is 15.5 Å². The second-order valence-electron chi connectivity index (χ2n) is 13.3. The lowest BCUT2D eigenvalue weighted by Crippen LogP contribution is -2.47. The van der Waals surface area contributed by atoms with Crippen molar-refractivity contribution < 1.29 is 40.7 Å². The second kappa shape index (κ2) is 14.1. The first-order chi connectivity index (χ1) is 23.5. The Morgan fingerprint density at radius 3 is 2.36 bits per heavy atom. The zero-order valence-corrected chi connectivity index (χ0v) is 29.5. The molecule has 50 heavy (non-hydrogen) atoms. The standard InChI is InChI=1S/C36H40F2N4O7S/c1-36(2,3)49-35(45)40-31(24-11-7-8-12-27(24)38)34(44)42-17-9-10-22(20-42)25-18-26-29(19-28(25)41(5)50(6,46)47)48-32(30(26)33(43)39-4)21-13-15-23(37)16-14-21/h7-8,11-16,18-19,22,31H,9-10,17,20H2,1-6H3,(H,39,43)(H,40,45)/t22-,31-/m1/s1. The molecule has 0 radical (unpaired) electrons. The molecule has 4 aromatic rings. The summed E-state index contributed by atoms with van der Waals surface area (Å²) in [4.78, 5) is 41.8. The number of alkyl carbamates (subject to hydrolysis) is 1. The zero-order chi connectivity index (χ0) is 36.5. The Balaban J connectivity index is 1.60.